The van der Waals surface area contributed by atoms with E-state index in [-0.39, 0.29) is 6.10 Å². The lowest BCUT2D eigenvalue weighted by atomic mass is 10.1. The van der Waals surface area contributed by atoms with Crippen molar-refractivity contribution in [3.05, 3.63) is 20.3 Å². The fourth-order valence-electron chi connectivity index (χ4n) is 1.26. The van der Waals surface area contributed by atoms with Crippen LogP contribution in [-0.2, 0) is 6.54 Å². The van der Waals surface area contributed by atoms with Gasteiger partial charge in [0.1, 0.15) is 6.10 Å². The predicted molar refractivity (Wildman–Crippen MR) is 48.7 cm³/mol. The Labute approximate surface area is 77.4 Å². The highest BCUT2D eigenvalue weighted by atomic mass is 79.9. The number of aliphatic hydroxyl groups excluding tert-OH is 1. The van der Waals surface area contributed by atoms with Gasteiger partial charge in [-0.2, -0.15) is 0 Å². The molecular weight excluding hydrogens is 226 g/mol. The van der Waals surface area contributed by atoms with Crippen LogP contribution in [0.4, 0.5) is 0 Å². The fraction of sp³-hybridized carbons (Fsp3) is 0.429. The van der Waals surface area contributed by atoms with Gasteiger partial charge >= 0.3 is 0 Å². The maximum Gasteiger partial charge on any atom is 0.101 e. The molecule has 4 heteroatoms. The maximum absolute atomic E-state index is 9.50. The number of aliphatic hydroxyl groups is 1. The molecule has 60 valence electrons. The van der Waals surface area contributed by atoms with Crippen LogP contribution in [0.3, 0.4) is 0 Å². The fourth-order valence-corrected chi connectivity index (χ4v) is 2.96. The van der Waals surface area contributed by atoms with Crippen LogP contribution in [0, 0.1) is 0 Å². The second kappa shape index (κ2) is 2.86. The highest BCUT2D eigenvalue weighted by molar-refractivity contribution is 9.11. The van der Waals surface area contributed by atoms with E-state index in [0.29, 0.717) is 6.54 Å². The first kappa shape index (κ1) is 7.73. The molecule has 2 N–H and O–H groups in total. The summed E-state index contributed by atoms with van der Waals surface area (Å²) in [4.78, 5) is 1.11. The van der Waals surface area contributed by atoms with Crippen molar-refractivity contribution in [3.8, 4) is 0 Å². The average Bonchev–Trinajstić information content (AvgIpc) is 2.31. The van der Waals surface area contributed by atoms with Gasteiger partial charge in [-0.15, -0.1) is 11.3 Å². The first-order valence-corrected chi connectivity index (χ1v) is 5.05. The van der Waals surface area contributed by atoms with E-state index in [0.717, 1.165) is 15.2 Å². The maximum atomic E-state index is 9.50. The molecule has 0 amide bonds. The van der Waals surface area contributed by atoms with Crippen LogP contribution in [0.1, 0.15) is 16.5 Å². The molecule has 0 aliphatic carbocycles. The summed E-state index contributed by atoms with van der Waals surface area (Å²) in [5, 5.41) is 12.6. The number of thiophene rings is 1. The Morgan fingerprint density at radius 3 is 3.27 bits per heavy atom. The summed E-state index contributed by atoms with van der Waals surface area (Å²) in [7, 11) is 0. The normalized spacial score (nSPS) is 23.3. The number of hydrogen-bond acceptors (Lipinski definition) is 3. The van der Waals surface area contributed by atoms with E-state index in [2.05, 4.69) is 27.3 Å². The molecule has 1 aromatic heterocycles. The van der Waals surface area contributed by atoms with Crippen molar-refractivity contribution >= 4 is 27.3 Å². The number of β-amino-alcohol motifs (C(OH)–C–C–N with tert-alkyl or cyclic N) is 1. The third kappa shape index (κ3) is 1.36. The van der Waals surface area contributed by atoms with E-state index in [1.165, 1.54) is 5.56 Å². The second-order valence-electron chi connectivity index (χ2n) is 2.59. The third-order valence-corrected chi connectivity index (χ3v) is 3.55. The average molecular weight is 234 g/mol. The van der Waals surface area contributed by atoms with E-state index < -0.39 is 0 Å². The Morgan fingerprint density at radius 2 is 2.55 bits per heavy atom. The molecule has 2 heterocycles. The van der Waals surface area contributed by atoms with E-state index in [1.807, 2.05) is 0 Å². The van der Waals surface area contributed by atoms with Crippen molar-refractivity contribution in [1.29, 1.82) is 0 Å². The zero-order chi connectivity index (χ0) is 7.84. The Balaban J connectivity index is 2.43. The molecule has 2 nitrogen and oxygen atoms in total. The lowest BCUT2D eigenvalue weighted by Crippen LogP contribution is -2.26. The zero-order valence-corrected chi connectivity index (χ0v) is 8.20. The zero-order valence-electron chi connectivity index (χ0n) is 5.80. The third-order valence-electron chi connectivity index (χ3n) is 1.77. The Kier molecular flexibility index (Phi) is 2.01. The van der Waals surface area contributed by atoms with Crippen LogP contribution in [-0.4, -0.2) is 11.7 Å². The van der Waals surface area contributed by atoms with Gasteiger partial charge in [-0.05, 0) is 27.6 Å². The van der Waals surface area contributed by atoms with Gasteiger partial charge in [0.15, 0.2) is 0 Å². The van der Waals surface area contributed by atoms with Gasteiger partial charge in [-0.1, -0.05) is 0 Å². The molecular formula is C7H8BrNOS. The summed E-state index contributed by atoms with van der Waals surface area (Å²) in [5.41, 5.74) is 1.22. The summed E-state index contributed by atoms with van der Waals surface area (Å²) in [6.45, 7) is 1.56. The largest absolute Gasteiger partial charge is 0.386 e. The standard InChI is InChI=1S/C7H8BrNOS/c8-6-1-4-2-9-3-5(10)7(4)11-6/h1,5,9-10H,2-3H2. The van der Waals surface area contributed by atoms with Gasteiger partial charge in [-0.25, -0.2) is 0 Å². The molecule has 0 saturated heterocycles. The Morgan fingerprint density at radius 1 is 1.73 bits per heavy atom. The molecule has 11 heavy (non-hydrogen) atoms. The molecule has 0 fully saturated rings. The summed E-state index contributed by atoms with van der Waals surface area (Å²) in [5.74, 6) is 0. The van der Waals surface area contributed by atoms with Gasteiger partial charge < -0.3 is 10.4 Å². The molecule has 0 saturated carbocycles. The van der Waals surface area contributed by atoms with Crippen molar-refractivity contribution in [1.82, 2.24) is 5.32 Å². The first-order valence-electron chi connectivity index (χ1n) is 3.44. The predicted octanol–water partition coefficient (Wildman–Crippen LogP) is 1.65. The van der Waals surface area contributed by atoms with E-state index in [4.69, 9.17) is 0 Å². The Hall–Kier alpha value is 0.1000. The summed E-state index contributed by atoms with van der Waals surface area (Å²) in [6, 6.07) is 2.06. The minimum Gasteiger partial charge on any atom is -0.386 e. The van der Waals surface area contributed by atoms with E-state index >= 15 is 0 Å². The lowest BCUT2D eigenvalue weighted by Gasteiger charge is -2.17. The SMILES string of the molecule is OC1CNCc2cc(Br)sc21. The second-order valence-corrected chi connectivity index (χ2v) is 5.05. The van der Waals surface area contributed by atoms with Crippen LogP contribution < -0.4 is 5.32 Å². The molecule has 1 aliphatic heterocycles. The van der Waals surface area contributed by atoms with Crippen molar-refractivity contribution in [2.24, 2.45) is 0 Å². The number of hydrogen-bond donors (Lipinski definition) is 2. The molecule has 0 spiro atoms. The number of nitrogens with one attached hydrogen (secondary N) is 1. The van der Waals surface area contributed by atoms with Crippen LogP contribution in [0.15, 0.2) is 9.85 Å². The molecule has 2 rings (SSSR count). The minimum atomic E-state index is -0.310. The Bertz CT molecular complexity index is 273. The van der Waals surface area contributed by atoms with Crippen molar-refractivity contribution in [2.45, 2.75) is 12.6 Å². The summed E-state index contributed by atoms with van der Waals surface area (Å²) in [6.07, 6.45) is -0.310. The molecule has 0 radical (unpaired) electrons. The summed E-state index contributed by atoms with van der Waals surface area (Å²) >= 11 is 5.02. The first-order chi connectivity index (χ1) is 5.27. The summed E-state index contributed by atoms with van der Waals surface area (Å²) < 4.78 is 1.10. The van der Waals surface area contributed by atoms with Gasteiger partial charge in [0.2, 0.25) is 0 Å². The van der Waals surface area contributed by atoms with Crippen LogP contribution in [0.5, 0.6) is 0 Å². The number of rotatable bonds is 0. The van der Waals surface area contributed by atoms with Crippen LogP contribution in [0.25, 0.3) is 0 Å². The molecule has 1 aliphatic rings. The van der Waals surface area contributed by atoms with Gasteiger partial charge in [-0.3, -0.25) is 0 Å². The van der Waals surface area contributed by atoms with Gasteiger partial charge in [0, 0.05) is 18.0 Å². The van der Waals surface area contributed by atoms with Crippen LogP contribution >= 0.6 is 27.3 Å². The molecule has 0 bridgehead atoms. The highest BCUT2D eigenvalue weighted by Crippen LogP contribution is 2.33. The van der Waals surface area contributed by atoms with Crippen molar-refractivity contribution < 1.29 is 5.11 Å². The molecule has 1 atom stereocenters. The molecule has 1 aromatic rings. The number of halogens is 1. The monoisotopic (exact) mass is 233 g/mol. The highest BCUT2D eigenvalue weighted by Gasteiger charge is 2.19. The lowest BCUT2D eigenvalue weighted by molar-refractivity contribution is 0.169. The topological polar surface area (TPSA) is 32.3 Å². The van der Waals surface area contributed by atoms with E-state index in [1.54, 1.807) is 11.3 Å². The molecule has 1 unspecified atom stereocenters. The molecule has 0 aromatic carbocycles. The van der Waals surface area contributed by atoms with Crippen LogP contribution in [0.2, 0.25) is 0 Å². The van der Waals surface area contributed by atoms with Crippen molar-refractivity contribution in [2.75, 3.05) is 6.54 Å². The van der Waals surface area contributed by atoms with E-state index in [9.17, 15) is 5.11 Å². The quantitative estimate of drug-likeness (QED) is 0.715. The van der Waals surface area contributed by atoms with Gasteiger partial charge in [0.05, 0.1) is 3.79 Å². The van der Waals surface area contributed by atoms with Crippen molar-refractivity contribution in [3.63, 3.8) is 0 Å². The minimum absolute atomic E-state index is 0.310. The number of fused-ring (bicyclic) bond motifs is 1. The van der Waals surface area contributed by atoms with Gasteiger partial charge in [0.25, 0.3) is 0 Å². The smallest absolute Gasteiger partial charge is 0.101 e.